The second-order valence-corrected chi connectivity index (χ2v) is 6.31. The number of hydrogen-bond acceptors (Lipinski definition) is 3. The minimum absolute atomic E-state index is 0.205. The van der Waals surface area contributed by atoms with Crippen molar-refractivity contribution in [3.05, 3.63) is 65.2 Å². The molecule has 1 saturated heterocycles. The Morgan fingerprint density at radius 1 is 1.12 bits per heavy atom. The van der Waals surface area contributed by atoms with E-state index in [1.807, 2.05) is 55.5 Å². The molecule has 1 atom stereocenters. The number of carbonyl (C=O) groups is 2. The van der Waals surface area contributed by atoms with E-state index in [0.717, 1.165) is 16.7 Å². The molecule has 5 heteroatoms. The van der Waals surface area contributed by atoms with E-state index in [9.17, 15) is 9.59 Å². The van der Waals surface area contributed by atoms with Crippen LogP contribution in [0.4, 0.5) is 4.79 Å². The van der Waals surface area contributed by atoms with Gasteiger partial charge in [0, 0.05) is 12.0 Å². The van der Waals surface area contributed by atoms with E-state index < -0.39 is 5.54 Å². The van der Waals surface area contributed by atoms with Crippen LogP contribution < -0.4 is 10.1 Å². The lowest BCUT2D eigenvalue weighted by Crippen LogP contribution is -2.47. The number of urea groups is 1. The first-order chi connectivity index (χ1) is 11.6. The summed E-state index contributed by atoms with van der Waals surface area (Å²) in [5, 5.41) is 2.91. The van der Waals surface area contributed by atoms with Crippen LogP contribution in [0.15, 0.2) is 48.5 Å². The number of carbonyl (C=O) groups excluding carboxylic acids is 2. The predicted octanol–water partition coefficient (Wildman–Crippen LogP) is 2.72. The van der Waals surface area contributed by atoms with Crippen LogP contribution in [0, 0.1) is 6.92 Å². The third-order valence-corrected chi connectivity index (χ3v) is 4.72. The van der Waals surface area contributed by atoms with Gasteiger partial charge >= 0.3 is 6.03 Å². The summed E-state index contributed by atoms with van der Waals surface area (Å²) < 4.78 is 5.64. The van der Waals surface area contributed by atoms with Crippen molar-refractivity contribution < 1.29 is 14.3 Å². The highest BCUT2D eigenvalue weighted by molar-refractivity contribution is 6.07. The Balaban J connectivity index is 1.68. The van der Waals surface area contributed by atoms with Gasteiger partial charge in [0.25, 0.3) is 5.91 Å². The lowest BCUT2D eigenvalue weighted by Gasteiger charge is -2.33. The number of aryl methyl sites for hydroxylation is 1. The van der Waals surface area contributed by atoms with E-state index in [-0.39, 0.29) is 18.5 Å². The molecule has 122 valence electrons. The standard InChI is InChI=1S/C19H18N2O3/c1-13-6-8-14(9-7-13)12-21-17(22)19(20-18(21)23)10-11-24-16-5-3-2-4-15(16)19/h2-9H,10-12H2,1H3,(H,20,23)/t19-/m1/s1. The minimum Gasteiger partial charge on any atom is -0.493 e. The second-order valence-electron chi connectivity index (χ2n) is 6.31. The Morgan fingerprint density at radius 2 is 1.88 bits per heavy atom. The molecule has 0 unspecified atom stereocenters. The molecule has 5 nitrogen and oxygen atoms in total. The lowest BCUT2D eigenvalue weighted by atomic mass is 9.84. The average molecular weight is 322 g/mol. The van der Waals surface area contributed by atoms with Gasteiger partial charge in [0.15, 0.2) is 5.54 Å². The number of ether oxygens (including phenoxy) is 1. The van der Waals surface area contributed by atoms with Gasteiger partial charge in [0.05, 0.1) is 13.2 Å². The maximum absolute atomic E-state index is 13.1. The summed E-state index contributed by atoms with van der Waals surface area (Å²) in [4.78, 5) is 26.9. The van der Waals surface area contributed by atoms with Crippen LogP contribution >= 0.6 is 0 Å². The third kappa shape index (κ3) is 2.16. The average Bonchev–Trinajstić information content (AvgIpc) is 2.82. The van der Waals surface area contributed by atoms with Gasteiger partial charge in [-0.25, -0.2) is 4.79 Å². The first-order valence-corrected chi connectivity index (χ1v) is 8.02. The first kappa shape index (κ1) is 14.8. The van der Waals surface area contributed by atoms with Gasteiger partial charge in [-0.2, -0.15) is 0 Å². The minimum atomic E-state index is -1.00. The van der Waals surface area contributed by atoms with Crippen molar-refractivity contribution in [2.45, 2.75) is 25.4 Å². The SMILES string of the molecule is Cc1ccc(CN2C(=O)N[C@@]3(CCOc4ccccc43)C2=O)cc1. The zero-order valence-electron chi connectivity index (χ0n) is 13.4. The van der Waals surface area contributed by atoms with Crippen molar-refractivity contribution in [1.82, 2.24) is 10.2 Å². The van der Waals surface area contributed by atoms with Gasteiger partial charge < -0.3 is 10.1 Å². The van der Waals surface area contributed by atoms with Gasteiger partial charge in [0.2, 0.25) is 0 Å². The summed E-state index contributed by atoms with van der Waals surface area (Å²) >= 11 is 0. The van der Waals surface area contributed by atoms with Gasteiger partial charge in [-0.1, -0.05) is 48.0 Å². The zero-order valence-corrected chi connectivity index (χ0v) is 13.4. The largest absolute Gasteiger partial charge is 0.493 e. The Morgan fingerprint density at radius 3 is 2.67 bits per heavy atom. The number of imide groups is 1. The Kier molecular flexibility index (Phi) is 3.30. The maximum Gasteiger partial charge on any atom is 0.325 e. The van der Waals surface area contributed by atoms with Crippen LogP contribution in [0.2, 0.25) is 0 Å². The van der Waals surface area contributed by atoms with Crippen molar-refractivity contribution in [2.24, 2.45) is 0 Å². The zero-order chi connectivity index (χ0) is 16.7. The summed E-state index contributed by atoms with van der Waals surface area (Å²) in [7, 11) is 0. The van der Waals surface area contributed by atoms with Gasteiger partial charge in [-0.05, 0) is 18.6 Å². The molecule has 0 saturated carbocycles. The molecule has 2 aromatic carbocycles. The molecular weight excluding hydrogens is 304 g/mol. The highest BCUT2D eigenvalue weighted by Crippen LogP contribution is 2.41. The quantitative estimate of drug-likeness (QED) is 0.865. The van der Waals surface area contributed by atoms with E-state index in [4.69, 9.17) is 4.74 Å². The number of nitrogens with one attached hydrogen (secondary N) is 1. The Hall–Kier alpha value is -2.82. The fourth-order valence-corrected chi connectivity index (χ4v) is 3.39. The van der Waals surface area contributed by atoms with E-state index >= 15 is 0 Å². The van der Waals surface area contributed by atoms with Crippen LogP contribution in [0.25, 0.3) is 0 Å². The topological polar surface area (TPSA) is 58.6 Å². The number of hydrogen-bond donors (Lipinski definition) is 1. The molecule has 2 aliphatic heterocycles. The highest BCUT2D eigenvalue weighted by Gasteiger charge is 2.54. The first-order valence-electron chi connectivity index (χ1n) is 8.02. The van der Waals surface area contributed by atoms with E-state index in [1.165, 1.54) is 4.90 Å². The smallest absolute Gasteiger partial charge is 0.325 e. The molecule has 2 aliphatic rings. The molecule has 0 bridgehead atoms. The molecule has 1 spiro atoms. The molecule has 1 N–H and O–H groups in total. The van der Waals surface area contributed by atoms with Crippen molar-refractivity contribution >= 4 is 11.9 Å². The Labute approximate surface area is 140 Å². The molecule has 4 rings (SSSR count). The lowest BCUT2D eigenvalue weighted by molar-refractivity contribution is -0.133. The number of rotatable bonds is 2. The van der Waals surface area contributed by atoms with Crippen molar-refractivity contribution in [3.8, 4) is 5.75 Å². The fraction of sp³-hybridized carbons (Fsp3) is 0.263. The third-order valence-electron chi connectivity index (χ3n) is 4.72. The molecule has 0 aromatic heterocycles. The molecule has 24 heavy (non-hydrogen) atoms. The normalized spacial score (nSPS) is 22.3. The van der Waals surface area contributed by atoms with Crippen LogP contribution in [-0.4, -0.2) is 23.4 Å². The monoisotopic (exact) mass is 322 g/mol. The van der Waals surface area contributed by atoms with Gasteiger partial charge in [-0.15, -0.1) is 0 Å². The number of para-hydroxylation sites is 1. The molecule has 0 aliphatic carbocycles. The summed E-state index contributed by atoms with van der Waals surface area (Å²) in [5.41, 5.74) is 1.81. The molecule has 2 aromatic rings. The second kappa shape index (κ2) is 5.37. The molecule has 0 radical (unpaired) electrons. The maximum atomic E-state index is 13.1. The summed E-state index contributed by atoms with van der Waals surface area (Å²) in [6.07, 6.45) is 0.443. The summed E-state index contributed by atoms with van der Waals surface area (Å²) in [5.74, 6) is 0.457. The predicted molar refractivity (Wildman–Crippen MR) is 88.5 cm³/mol. The fourth-order valence-electron chi connectivity index (χ4n) is 3.39. The molecule has 3 amide bonds. The Bertz CT molecular complexity index is 816. The van der Waals surface area contributed by atoms with E-state index in [0.29, 0.717) is 18.8 Å². The van der Waals surface area contributed by atoms with Crippen molar-refractivity contribution in [1.29, 1.82) is 0 Å². The number of fused-ring (bicyclic) bond motifs is 2. The van der Waals surface area contributed by atoms with Crippen molar-refractivity contribution in [3.63, 3.8) is 0 Å². The van der Waals surface area contributed by atoms with E-state index in [2.05, 4.69) is 5.32 Å². The molecule has 1 fully saturated rings. The van der Waals surface area contributed by atoms with Gasteiger partial charge in [0.1, 0.15) is 5.75 Å². The molecule has 2 heterocycles. The number of amides is 3. The van der Waals surface area contributed by atoms with Crippen LogP contribution in [0.3, 0.4) is 0 Å². The molecular formula is C19H18N2O3. The summed E-state index contributed by atoms with van der Waals surface area (Å²) in [6.45, 7) is 2.68. The van der Waals surface area contributed by atoms with Crippen molar-refractivity contribution in [2.75, 3.05) is 6.61 Å². The summed E-state index contributed by atoms with van der Waals surface area (Å²) in [6, 6.07) is 14.9. The highest BCUT2D eigenvalue weighted by atomic mass is 16.5. The van der Waals surface area contributed by atoms with Crippen LogP contribution in [-0.2, 0) is 16.9 Å². The van der Waals surface area contributed by atoms with Crippen LogP contribution in [0.1, 0.15) is 23.1 Å². The number of nitrogens with zero attached hydrogens (tertiary/aromatic N) is 1. The van der Waals surface area contributed by atoms with Gasteiger partial charge in [-0.3, -0.25) is 9.69 Å². The van der Waals surface area contributed by atoms with Crippen LogP contribution in [0.5, 0.6) is 5.75 Å². The van der Waals surface area contributed by atoms with E-state index in [1.54, 1.807) is 0 Å². The number of benzene rings is 2.